The smallest absolute Gasteiger partial charge is 0.0729 e. The molecule has 1 unspecified atom stereocenters. The SMILES string of the molecule is CC(C)n1cc(NC2CCOC2)cn1. The molecule has 0 bridgehead atoms. The van der Waals surface area contributed by atoms with E-state index in [2.05, 4.69) is 24.3 Å². The maximum Gasteiger partial charge on any atom is 0.0729 e. The summed E-state index contributed by atoms with van der Waals surface area (Å²) in [6.45, 7) is 5.92. The van der Waals surface area contributed by atoms with Crippen molar-refractivity contribution in [1.82, 2.24) is 9.78 Å². The molecule has 0 spiro atoms. The lowest BCUT2D eigenvalue weighted by atomic mass is 10.2. The van der Waals surface area contributed by atoms with Gasteiger partial charge in [0, 0.05) is 18.8 Å². The van der Waals surface area contributed by atoms with Gasteiger partial charge in [0.25, 0.3) is 0 Å². The first-order chi connectivity index (χ1) is 6.75. The number of nitrogens with zero attached hydrogens (tertiary/aromatic N) is 2. The highest BCUT2D eigenvalue weighted by atomic mass is 16.5. The second-order valence-corrected chi connectivity index (χ2v) is 4.01. The van der Waals surface area contributed by atoms with E-state index in [1.165, 1.54) is 0 Å². The molecule has 78 valence electrons. The van der Waals surface area contributed by atoms with Gasteiger partial charge in [0.15, 0.2) is 0 Å². The number of anilines is 1. The van der Waals surface area contributed by atoms with E-state index < -0.39 is 0 Å². The second-order valence-electron chi connectivity index (χ2n) is 4.01. The van der Waals surface area contributed by atoms with Crippen LogP contribution in [0.3, 0.4) is 0 Å². The molecular formula is C10H17N3O. The van der Waals surface area contributed by atoms with E-state index in [9.17, 15) is 0 Å². The van der Waals surface area contributed by atoms with Crippen molar-refractivity contribution in [1.29, 1.82) is 0 Å². The molecule has 0 radical (unpaired) electrons. The molecular weight excluding hydrogens is 178 g/mol. The molecule has 1 saturated heterocycles. The minimum absolute atomic E-state index is 0.422. The van der Waals surface area contributed by atoms with Crippen LogP contribution in [-0.4, -0.2) is 29.0 Å². The van der Waals surface area contributed by atoms with Crippen molar-refractivity contribution >= 4 is 5.69 Å². The van der Waals surface area contributed by atoms with Crippen LogP contribution in [0.1, 0.15) is 26.3 Å². The van der Waals surface area contributed by atoms with Gasteiger partial charge in [0.1, 0.15) is 0 Å². The van der Waals surface area contributed by atoms with Crippen LogP contribution >= 0.6 is 0 Å². The van der Waals surface area contributed by atoms with E-state index in [1.807, 2.05) is 17.1 Å². The van der Waals surface area contributed by atoms with Crippen molar-refractivity contribution in [3.63, 3.8) is 0 Å². The van der Waals surface area contributed by atoms with Gasteiger partial charge in [-0.25, -0.2) is 0 Å². The summed E-state index contributed by atoms with van der Waals surface area (Å²) in [5.74, 6) is 0. The molecule has 1 aliphatic rings. The molecule has 1 fully saturated rings. The molecule has 2 heterocycles. The van der Waals surface area contributed by atoms with Gasteiger partial charge in [0.05, 0.1) is 24.5 Å². The van der Waals surface area contributed by atoms with E-state index in [4.69, 9.17) is 4.74 Å². The largest absolute Gasteiger partial charge is 0.379 e. The maximum atomic E-state index is 5.29. The summed E-state index contributed by atoms with van der Waals surface area (Å²) in [5, 5.41) is 7.68. The second kappa shape index (κ2) is 4.00. The Bertz CT molecular complexity index is 289. The van der Waals surface area contributed by atoms with Crippen LogP contribution in [0.25, 0.3) is 0 Å². The molecule has 1 atom stereocenters. The Balaban J connectivity index is 1.95. The molecule has 14 heavy (non-hydrogen) atoms. The van der Waals surface area contributed by atoms with Gasteiger partial charge in [-0.1, -0.05) is 0 Å². The predicted molar refractivity (Wildman–Crippen MR) is 55.5 cm³/mol. The zero-order chi connectivity index (χ0) is 9.97. The van der Waals surface area contributed by atoms with Crippen molar-refractivity contribution < 1.29 is 4.74 Å². The average molecular weight is 195 g/mol. The topological polar surface area (TPSA) is 39.1 Å². The normalized spacial score (nSPS) is 21.8. The summed E-state index contributed by atoms with van der Waals surface area (Å²) in [7, 11) is 0. The Hall–Kier alpha value is -1.03. The van der Waals surface area contributed by atoms with Gasteiger partial charge < -0.3 is 10.1 Å². The predicted octanol–water partition coefficient (Wildman–Crippen LogP) is 1.66. The highest BCUT2D eigenvalue weighted by molar-refractivity contribution is 5.39. The van der Waals surface area contributed by atoms with Crippen LogP contribution in [0.4, 0.5) is 5.69 Å². The minimum Gasteiger partial charge on any atom is -0.379 e. The fraction of sp³-hybridized carbons (Fsp3) is 0.700. The quantitative estimate of drug-likeness (QED) is 0.797. The Morgan fingerprint density at radius 1 is 1.64 bits per heavy atom. The molecule has 4 nitrogen and oxygen atoms in total. The lowest BCUT2D eigenvalue weighted by Crippen LogP contribution is -2.18. The highest BCUT2D eigenvalue weighted by Gasteiger charge is 2.15. The summed E-state index contributed by atoms with van der Waals surface area (Å²) in [4.78, 5) is 0. The van der Waals surface area contributed by atoms with Crippen LogP contribution in [0.2, 0.25) is 0 Å². The molecule has 0 saturated carbocycles. The number of nitrogens with one attached hydrogen (secondary N) is 1. The molecule has 0 aromatic carbocycles. The first kappa shape index (κ1) is 9.52. The molecule has 1 N–H and O–H groups in total. The Labute approximate surface area is 84.3 Å². The van der Waals surface area contributed by atoms with Gasteiger partial charge >= 0.3 is 0 Å². The zero-order valence-electron chi connectivity index (χ0n) is 8.73. The van der Waals surface area contributed by atoms with Crippen molar-refractivity contribution in [2.75, 3.05) is 18.5 Å². The van der Waals surface area contributed by atoms with Gasteiger partial charge in [-0.3, -0.25) is 4.68 Å². The van der Waals surface area contributed by atoms with Gasteiger partial charge in [-0.05, 0) is 20.3 Å². The Morgan fingerprint density at radius 3 is 3.07 bits per heavy atom. The fourth-order valence-corrected chi connectivity index (χ4v) is 1.58. The maximum absolute atomic E-state index is 5.29. The van der Waals surface area contributed by atoms with Gasteiger partial charge in [0.2, 0.25) is 0 Å². The third-order valence-electron chi connectivity index (χ3n) is 2.43. The molecule has 1 aromatic rings. The molecule has 1 aromatic heterocycles. The van der Waals surface area contributed by atoms with E-state index in [0.29, 0.717) is 12.1 Å². The number of rotatable bonds is 3. The van der Waals surface area contributed by atoms with Crippen molar-refractivity contribution in [2.24, 2.45) is 0 Å². The lowest BCUT2D eigenvalue weighted by molar-refractivity contribution is 0.195. The average Bonchev–Trinajstić information content (AvgIpc) is 2.75. The van der Waals surface area contributed by atoms with Gasteiger partial charge in [-0.2, -0.15) is 5.10 Å². The number of hydrogen-bond donors (Lipinski definition) is 1. The van der Waals surface area contributed by atoms with Crippen LogP contribution in [0.5, 0.6) is 0 Å². The molecule has 0 aliphatic carbocycles. The van der Waals surface area contributed by atoms with Crippen molar-refractivity contribution in [2.45, 2.75) is 32.4 Å². The molecule has 0 amide bonds. The number of aromatic nitrogens is 2. The molecule has 2 rings (SSSR count). The van der Waals surface area contributed by atoms with Crippen molar-refractivity contribution in [3.8, 4) is 0 Å². The van der Waals surface area contributed by atoms with Crippen molar-refractivity contribution in [3.05, 3.63) is 12.4 Å². The Kier molecular flexibility index (Phi) is 2.72. The molecule has 1 aliphatic heterocycles. The number of ether oxygens (including phenoxy) is 1. The van der Waals surface area contributed by atoms with Crippen LogP contribution in [-0.2, 0) is 4.74 Å². The van der Waals surface area contributed by atoms with Crippen LogP contribution < -0.4 is 5.32 Å². The van der Waals surface area contributed by atoms with E-state index in [0.717, 1.165) is 25.3 Å². The summed E-state index contributed by atoms with van der Waals surface area (Å²) in [5.41, 5.74) is 1.09. The Morgan fingerprint density at radius 2 is 2.50 bits per heavy atom. The third kappa shape index (κ3) is 2.07. The first-order valence-electron chi connectivity index (χ1n) is 5.14. The summed E-state index contributed by atoms with van der Waals surface area (Å²) >= 11 is 0. The molecule has 4 heteroatoms. The van der Waals surface area contributed by atoms with E-state index >= 15 is 0 Å². The lowest BCUT2D eigenvalue weighted by Gasteiger charge is -2.09. The van der Waals surface area contributed by atoms with Gasteiger partial charge in [-0.15, -0.1) is 0 Å². The monoisotopic (exact) mass is 195 g/mol. The van der Waals surface area contributed by atoms with E-state index in [1.54, 1.807) is 0 Å². The van der Waals surface area contributed by atoms with Crippen LogP contribution in [0.15, 0.2) is 12.4 Å². The zero-order valence-corrected chi connectivity index (χ0v) is 8.73. The highest BCUT2D eigenvalue weighted by Crippen LogP contribution is 2.14. The standard InChI is InChI=1S/C10H17N3O/c1-8(2)13-6-10(5-11-13)12-9-3-4-14-7-9/h5-6,8-9,12H,3-4,7H2,1-2H3. The summed E-state index contributed by atoms with van der Waals surface area (Å²) in [6, 6.07) is 0.880. The minimum atomic E-state index is 0.422. The first-order valence-corrected chi connectivity index (χ1v) is 5.14. The van der Waals surface area contributed by atoms with Crippen LogP contribution in [0, 0.1) is 0 Å². The third-order valence-corrected chi connectivity index (χ3v) is 2.43. The summed E-state index contributed by atoms with van der Waals surface area (Å²) in [6.07, 6.45) is 5.01. The van der Waals surface area contributed by atoms with E-state index in [-0.39, 0.29) is 0 Å². The number of hydrogen-bond acceptors (Lipinski definition) is 3. The fourth-order valence-electron chi connectivity index (χ4n) is 1.58. The summed E-state index contributed by atoms with van der Waals surface area (Å²) < 4.78 is 7.25.